The Kier molecular flexibility index (Phi) is 5.25. The van der Waals surface area contributed by atoms with Crippen molar-refractivity contribution in [2.45, 2.75) is 38.3 Å². The van der Waals surface area contributed by atoms with E-state index in [4.69, 9.17) is 14.6 Å². The fourth-order valence-electron chi connectivity index (χ4n) is 2.57. The van der Waals surface area contributed by atoms with Crippen molar-refractivity contribution in [3.8, 4) is 11.5 Å². The van der Waals surface area contributed by atoms with Crippen LogP contribution in [0.5, 0.6) is 11.5 Å². The number of ether oxygens (including phenoxy) is 2. The van der Waals surface area contributed by atoms with Crippen LogP contribution < -0.4 is 14.8 Å². The highest BCUT2D eigenvalue weighted by atomic mass is 16.5. The Bertz CT molecular complexity index is 528. The number of carbonyl (C=O) groups is 2. The molecule has 3 atom stereocenters. The molecule has 0 radical (unpaired) electrons. The fraction of sp³-hybridized carbons (Fsp3) is 0.500. The molecule has 22 heavy (non-hydrogen) atoms. The van der Waals surface area contributed by atoms with Crippen molar-refractivity contribution in [3.05, 3.63) is 24.3 Å². The highest BCUT2D eigenvalue weighted by molar-refractivity contribution is 5.81. The van der Waals surface area contributed by atoms with E-state index in [0.717, 1.165) is 5.75 Å². The normalized spacial score (nSPS) is 21.9. The minimum atomic E-state index is -0.792. The summed E-state index contributed by atoms with van der Waals surface area (Å²) in [5.41, 5.74) is 0. The highest BCUT2D eigenvalue weighted by Crippen LogP contribution is 2.26. The van der Waals surface area contributed by atoms with Gasteiger partial charge in [-0.15, -0.1) is 0 Å². The van der Waals surface area contributed by atoms with Crippen molar-refractivity contribution in [1.82, 2.24) is 5.32 Å². The van der Waals surface area contributed by atoms with Crippen LogP contribution in [0.15, 0.2) is 24.3 Å². The minimum Gasteiger partial charge on any atom is -0.497 e. The largest absolute Gasteiger partial charge is 0.497 e. The number of carbonyl (C=O) groups excluding carboxylic acids is 1. The lowest BCUT2D eigenvalue weighted by molar-refractivity contribution is -0.141. The molecular formula is C16H21NO5. The van der Waals surface area contributed by atoms with Gasteiger partial charge in [0.15, 0.2) is 6.10 Å². The van der Waals surface area contributed by atoms with Crippen molar-refractivity contribution in [2.75, 3.05) is 7.11 Å². The highest BCUT2D eigenvalue weighted by Gasteiger charge is 2.31. The molecule has 0 aliphatic heterocycles. The SMILES string of the molecule is COc1ccc(OC(C)C(=O)N[C@@H]2CC[C@H](C(=O)O)C2)cc1. The number of hydrogen-bond acceptors (Lipinski definition) is 4. The Morgan fingerprint density at radius 1 is 1.23 bits per heavy atom. The van der Waals surface area contributed by atoms with Gasteiger partial charge in [-0.2, -0.15) is 0 Å². The number of nitrogens with one attached hydrogen (secondary N) is 1. The average Bonchev–Trinajstić information content (AvgIpc) is 2.96. The molecule has 0 spiro atoms. The summed E-state index contributed by atoms with van der Waals surface area (Å²) in [6.45, 7) is 1.67. The van der Waals surface area contributed by atoms with Gasteiger partial charge >= 0.3 is 5.97 Å². The van der Waals surface area contributed by atoms with E-state index in [-0.39, 0.29) is 17.9 Å². The second-order valence-electron chi connectivity index (χ2n) is 5.49. The Labute approximate surface area is 129 Å². The molecule has 120 valence electrons. The molecule has 6 nitrogen and oxygen atoms in total. The lowest BCUT2D eigenvalue weighted by atomic mass is 10.1. The van der Waals surface area contributed by atoms with Crippen LogP contribution >= 0.6 is 0 Å². The third-order valence-corrected chi connectivity index (χ3v) is 3.87. The first-order valence-corrected chi connectivity index (χ1v) is 7.33. The molecule has 1 aromatic rings. The van der Waals surface area contributed by atoms with Gasteiger partial charge in [-0.1, -0.05) is 0 Å². The number of amides is 1. The number of methoxy groups -OCH3 is 1. The van der Waals surface area contributed by atoms with Crippen LogP contribution in [0, 0.1) is 5.92 Å². The molecular weight excluding hydrogens is 286 g/mol. The summed E-state index contributed by atoms with van der Waals surface area (Å²) in [5.74, 6) is -0.0809. The summed E-state index contributed by atoms with van der Waals surface area (Å²) < 4.78 is 10.6. The average molecular weight is 307 g/mol. The topological polar surface area (TPSA) is 84.9 Å². The molecule has 1 aliphatic carbocycles. The van der Waals surface area contributed by atoms with Crippen LogP contribution in [-0.4, -0.2) is 36.2 Å². The zero-order valence-electron chi connectivity index (χ0n) is 12.7. The van der Waals surface area contributed by atoms with Crippen LogP contribution in [0.25, 0.3) is 0 Å². The van der Waals surface area contributed by atoms with E-state index in [1.54, 1.807) is 38.3 Å². The van der Waals surface area contributed by atoms with Crippen molar-refractivity contribution >= 4 is 11.9 Å². The Balaban J connectivity index is 1.83. The zero-order valence-corrected chi connectivity index (χ0v) is 12.7. The van der Waals surface area contributed by atoms with Crippen molar-refractivity contribution in [2.24, 2.45) is 5.92 Å². The van der Waals surface area contributed by atoms with E-state index in [9.17, 15) is 9.59 Å². The van der Waals surface area contributed by atoms with E-state index in [1.165, 1.54) is 0 Å². The summed E-state index contributed by atoms with van der Waals surface area (Å²) in [5, 5.41) is 11.8. The predicted octanol–water partition coefficient (Wildman–Crippen LogP) is 1.83. The van der Waals surface area contributed by atoms with Gasteiger partial charge < -0.3 is 19.9 Å². The smallest absolute Gasteiger partial charge is 0.306 e. The fourth-order valence-corrected chi connectivity index (χ4v) is 2.57. The number of benzene rings is 1. The second kappa shape index (κ2) is 7.15. The molecule has 2 rings (SSSR count). The Morgan fingerprint density at radius 2 is 1.86 bits per heavy atom. The van der Waals surface area contributed by atoms with Crippen LogP contribution in [-0.2, 0) is 9.59 Å². The molecule has 0 aromatic heterocycles. The molecule has 0 saturated heterocycles. The molecule has 1 unspecified atom stereocenters. The van der Waals surface area contributed by atoms with Gasteiger partial charge in [0.2, 0.25) is 0 Å². The summed E-state index contributed by atoms with van der Waals surface area (Å²) in [6.07, 6.45) is 1.14. The van der Waals surface area contributed by atoms with Crippen LogP contribution in [0.2, 0.25) is 0 Å². The number of hydrogen-bond donors (Lipinski definition) is 2. The Hall–Kier alpha value is -2.24. The molecule has 0 bridgehead atoms. The van der Waals surface area contributed by atoms with Crippen LogP contribution in [0.1, 0.15) is 26.2 Å². The summed E-state index contributed by atoms with van der Waals surface area (Å²) in [4.78, 5) is 23.0. The van der Waals surface area contributed by atoms with Crippen molar-refractivity contribution in [3.63, 3.8) is 0 Å². The van der Waals surface area contributed by atoms with Gasteiger partial charge in [0.25, 0.3) is 5.91 Å². The maximum atomic E-state index is 12.1. The molecule has 1 aromatic carbocycles. The standard InChI is InChI=1S/C16H21NO5/c1-10(22-14-7-5-13(21-2)6-8-14)15(18)17-12-4-3-11(9-12)16(19)20/h5-8,10-12H,3-4,9H2,1-2H3,(H,17,18)(H,19,20)/t10?,11-,12+/m0/s1. The van der Waals surface area contributed by atoms with E-state index in [1.807, 2.05) is 0 Å². The Morgan fingerprint density at radius 3 is 2.41 bits per heavy atom. The quantitative estimate of drug-likeness (QED) is 0.837. The van der Waals surface area contributed by atoms with Gasteiger partial charge in [-0.25, -0.2) is 0 Å². The molecule has 0 heterocycles. The van der Waals surface area contributed by atoms with Crippen molar-refractivity contribution < 1.29 is 24.2 Å². The molecule has 1 aliphatic rings. The molecule has 1 saturated carbocycles. The first-order chi connectivity index (χ1) is 10.5. The summed E-state index contributed by atoms with van der Waals surface area (Å²) >= 11 is 0. The third-order valence-electron chi connectivity index (χ3n) is 3.87. The van der Waals surface area contributed by atoms with Crippen LogP contribution in [0.3, 0.4) is 0 Å². The molecule has 6 heteroatoms. The second-order valence-corrected chi connectivity index (χ2v) is 5.49. The predicted molar refractivity (Wildman–Crippen MR) is 80.0 cm³/mol. The third kappa shape index (κ3) is 4.13. The van der Waals surface area contributed by atoms with Gasteiger partial charge in [0.05, 0.1) is 13.0 Å². The minimum absolute atomic E-state index is 0.0875. The van der Waals surface area contributed by atoms with Crippen LogP contribution in [0.4, 0.5) is 0 Å². The monoisotopic (exact) mass is 307 g/mol. The van der Waals surface area contributed by atoms with E-state index in [0.29, 0.717) is 25.0 Å². The van der Waals surface area contributed by atoms with Gasteiger partial charge in [-0.3, -0.25) is 9.59 Å². The van der Waals surface area contributed by atoms with Gasteiger partial charge in [0, 0.05) is 6.04 Å². The number of rotatable bonds is 6. The molecule has 2 N–H and O–H groups in total. The van der Waals surface area contributed by atoms with Gasteiger partial charge in [-0.05, 0) is 50.5 Å². The van der Waals surface area contributed by atoms with Crippen molar-refractivity contribution in [1.29, 1.82) is 0 Å². The first kappa shape index (κ1) is 16.1. The first-order valence-electron chi connectivity index (χ1n) is 7.33. The lowest BCUT2D eigenvalue weighted by Crippen LogP contribution is -2.41. The zero-order chi connectivity index (χ0) is 16.1. The molecule has 1 fully saturated rings. The maximum absolute atomic E-state index is 12.1. The van der Waals surface area contributed by atoms with E-state index >= 15 is 0 Å². The number of carboxylic acids is 1. The summed E-state index contributed by atoms with van der Waals surface area (Å²) in [7, 11) is 1.58. The maximum Gasteiger partial charge on any atom is 0.306 e. The lowest BCUT2D eigenvalue weighted by Gasteiger charge is -2.18. The van der Waals surface area contributed by atoms with E-state index in [2.05, 4.69) is 5.32 Å². The summed E-state index contributed by atoms with van der Waals surface area (Å²) in [6, 6.07) is 6.90. The van der Waals surface area contributed by atoms with E-state index < -0.39 is 12.1 Å². The molecule has 1 amide bonds. The number of aliphatic carboxylic acids is 1. The van der Waals surface area contributed by atoms with Gasteiger partial charge in [0.1, 0.15) is 11.5 Å². The number of carboxylic acid groups (broad SMARTS) is 1.